The fourth-order valence-electron chi connectivity index (χ4n) is 1.85. The summed E-state index contributed by atoms with van der Waals surface area (Å²) in [5.74, 6) is 0. The Bertz CT molecular complexity index is 396. The topological polar surface area (TPSA) is 29.9 Å². The van der Waals surface area contributed by atoms with Crippen molar-refractivity contribution in [3.8, 4) is 0 Å². The molecule has 16 heavy (non-hydrogen) atoms. The second kappa shape index (κ2) is 4.74. The molecule has 1 aromatic rings. The van der Waals surface area contributed by atoms with E-state index in [2.05, 4.69) is 10.4 Å². The fraction of sp³-hybridized carbons (Fsp3) is 0.545. The maximum absolute atomic E-state index is 12.8. The van der Waals surface area contributed by atoms with Gasteiger partial charge in [-0.05, 0) is 25.5 Å². The smallest absolute Gasteiger partial charge is 0.267 e. The number of nitrogens with zero attached hydrogens (tertiary/aromatic N) is 2. The predicted octanol–water partition coefficient (Wildman–Crippen LogP) is 2.22. The molecule has 0 bridgehead atoms. The van der Waals surface area contributed by atoms with Crippen LogP contribution in [-0.2, 0) is 6.54 Å². The van der Waals surface area contributed by atoms with Gasteiger partial charge in [0.2, 0.25) is 0 Å². The zero-order valence-corrected chi connectivity index (χ0v) is 9.21. The van der Waals surface area contributed by atoms with Crippen LogP contribution >= 0.6 is 0 Å². The van der Waals surface area contributed by atoms with Crippen LogP contribution in [0, 0.1) is 0 Å². The molecular weight excluding hydrogens is 212 g/mol. The first-order valence-corrected chi connectivity index (χ1v) is 5.48. The van der Waals surface area contributed by atoms with Crippen LogP contribution in [0.15, 0.2) is 12.3 Å². The summed E-state index contributed by atoms with van der Waals surface area (Å²) in [6.07, 6.45) is 1.70. The number of alkyl halides is 2. The van der Waals surface area contributed by atoms with Gasteiger partial charge in [0.05, 0.1) is 11.3 Å². The SMILES string of the molecule is CCn1cc(C(F)F)c(C2=CCNCC2)n1. The van der Waals surface area contributed by atoms with Crippen LogP contribution in [0.1, 0.15) is 31.0 Å². The molecule has 0 spiro atoms. The van der Waals surface area contributed by atoms with Crippen molar-refractivity contribution in [3.63, 3.8) is 0 Å². The van der Waals surface area contributed by atoms with Crippen molar-refractivity contribution in [1.29, 1.82) is 0 Å². The third-order valence-electron chi connectivity index (χ3n) is 2.72. The molecule has 0 fully saturated rings. The average Bonchev–Trinajstić information content (AvgIpc) is 2.74. The van der Waals surface area contributed by atoms with Gasteiger partial charge in [0.1, 0.15) is 0 Å². The molecule has 1 aromatic heterocycles. The van der Waals surface area contributed by atoms with Gasteiger partial charge in [-0.3, -0.25) is 4.68 Å². The number of halogens is 2. The van der Waals surface area contributed by atoms with Gasteiger partial charge in [-0.25, -0.2) is 8.78 Å². The monoisotopic (exact) mass is 227 g/mol. The minimum absolute atomic E-state index is 0.0509. The number of aryl methyl sites for hydroxylation is 1. The summed E-state index contributed by atoms with van der Waals surface area (Å²) in [7, 11) is 0. The van der Waals surface area contributed by atoms with Crippen LogP contribution < -0.4 is 5.32 Å². The van der Waals surface area contributed by atoms with E-state index in [9.17, 15) is 8.78 Å². The summed E-state index contributed by atoms with van der Waals surface area (Å²) < 4.78 is 27.2. The summed E-state index contributed by atoms with van der Waals surface area (Å²) in [6.45, 7) is 4.07. The Morgan fingerprint density at radius 1 is 1.56 bits per heavy atom. The second-order valence-electron chi connectivity index (χ2n) is 3.77. The Morgan fingerprint density at radius 2 is 2.38 bits per heavy atom. The van der Waals surface area contributed by atoms with E-state index < -0.39 is 6.43 Å². The molecule has 0 atom stereocenters. The highest BCUT2D eigenvalue weighted by atomic mass is 19.3. The third-order valence-corrected chi connectivity index (χ3v) is 2.72. The average molecular weight is 227 g/mol. The quantitative estimate of drug-likeness (QED) is 0.858. The van der Waals surface area contributed by atoms with Gasteiger partial charge in [-0.2, -0.15) is 5.10 Å². The van der Waals surface area contributed by atoms with E-state index >= 15 is 0 Å². The van der Waals surface area contributed by atoms with E-state index in [1.807, 2.05) is 13.0 Å². The minimum atomic E-state index is -2.45. The first-order chi connectivity index (χ1) is 7.72. The van der Waals surface area contributed by atoms with Crippen molar-refractivity contribution < 1.29 is 8.78 Å². The van der Waals surface area contributed by atoms with Crippen molar-refractivity contribution >= 4 is 5.57 Å². The lowest BCUT2D eigenvalue weighted by Gasteiger charge is -2.13. The van der Waals surface area contributed by atoms with Gasteiger partial charge in [0.25, 0.3) is 6.43 Å². The molecule has 88 valence electrons. The standard InChI is InChI=1S/C11H15F2N3/c1-2-16-7-9(11(12)13)10(15-16)8-3-5-14-6-4-8/h3,7,11,14H,2,4-6H2,1H3. The highest BCUT2D eigenvalue weighted by Gasteiger charge is 2.20. The van der Waals surface area contributed by atoms with Gasteiger partial charge in [0, 0.05) is 19.3 Å². The van der Waals surface area contributed by atoms with E-state index in [0.717, 1.165) is 25.1 Å². The zero-order valence-electron chi connectivity index (χ0n) is 9.21. The van der Waals surface area contributed by atoms with Crippen LogP contribution in [0.5, 0.6) is 0 Å². The summed E-state index contributed by atoms with van der Waals surface area (Å²) >= 11 is 0. The Hall–Kier alpha value is -1.23. The highest BCUT2D eigenvalue weighted by molar-refractivity contribution is 5.66. The van der Waals surface area contributed by atoms with Gasteiger partial charge in [0.15, 0.2) is 0 Å². The van der Waals surface area contributed by atoms with Crippen molar-refractivity contribution in [2.45, 2.75) is 26.3 Å². The zero-order chi connectivity index (χ0) is 11.5. The largest absolute Gasteiger partial charge is 0.313 e. The third kappa shape index (κ3) is 2.14. The second-order valence-corrected chi connectivity index (χ2v) is 3.77. The Balaban J connectivity index is 2.37. The molecule has 0 unspecified atom stereocenters. The van der Waals surface area contributed by atoms with Crippen LogP contribution in [-0.4, -0.2) is 22.9 Å². The van der Waals surface area contributed by atoms with E-state index in [-0.39, 0.29) is 5.56 Å². The number of rotatable bonds is 3. The Morgan fingerprint density at radius 3 is 2.94 bits per heavy atom. The Kier molecular flexibility index (Phi) is 3.33. The number of nitrogens with one attached hydrogen (secondary N) is 1. The van der Waals surface area contributed by atoms with Crippen molar-refractivity contribution in [2.24, 2.45) is 0 Å². The fourth-order valence-corrected chi connectivity index (χ4v) is 1.85. The summed E-state index contributed by atoms with van der Waals surface area (Å²) in [4.78, 5) is 0. The molecule has 0 saturated carbocycles. The number of aromatic nitrogens is 2. The summed E-state index contributed by atoms with van der Waals surface area (Å²) in [5, 5.41) is 7.37. The molecule has 0 amide bonds. The van der Waals surface area contributed by atoms with E-state index in [1.54, 1.807) is 4.68 Å². The molecular formula is C11H15F2N3. The Labute approximate surface area is 93.1 Å². The molecule has 2 rings (SSSR count). The van der Waals surface area contributed by atoms with Gasteiger partial charge < -0.3 is 5.32 Å². The van der Waals surface area contributed by atoms with Crippen molar-refractivity contribution in [1.82, 2.24) is 15.1 Å². The minimum Gasteiger partial charge on any atom is -0.313 e. The number of hydrogen-bond acceptors (Lipinski definition) is 2. The normalized spacial score (nSPS) is 16.6. The summed E-state index contributed by atoms with van der Waals surface area (Å²) in [6, 6.07) is 0. The predicted molar refractivity (Wildman–Crippen MR) is 58.3 cm³/mol. The number of hydrogen-bond donors (Lipinski definition) is 1. The lowest BCUT2D eigenvalue weighted by atomic mass is 10.0. The van der Waals surface area contributed by atoms with Crippen molar-refractivity contribution in [2.75, 3.05) is 13.1 Å². The van der Waals surface area contributed by atoms with Gasteiger partial charge in [-0.15, -0.1) is 0 Å². The van der Waals surface area contributed by atoms with E-state index in [4.69, 9.17) is 0 Å². The molecule has 0 aromatic carbocycles. The lowest BCUT2D eigenvalue weighted by molar-refractivity contribution is 0.151. The molecule has 5 heteroatoms. The molecule has 0 saturated heterocycles. The van der Waals surface area contributed by atoms with Gasteiger partial charge in [-0.1, -0.05) is 6.08 Å². The summed E-state index contributed by atoms with van der Waals surface area (Å²) in [5.41, 5.74) is 1.45. The molecule has 1 N–H and O–H groups in total. The lowest BCUT2D eigenvalue weighted by Crippen LogP contribution is -2.20. The maximum Gasteiger partial charge on any atom is 0.267 e. The van der Waals surface area contributed by atoms with Crippen LogP contribution in [0.3, 0.4) is 0 Å². The molecule has 0 aliphatic carbocycles. The van der Waals surface area contributed by atoms with Crippen LogP contribution in [0.25, 0.3) is 5.57 Å². The van der Waals surface area contributed by atoms with E-state index in [1.165, 1.54) is 6.20 Å². The van der Waals surface area contributed by atoms with Crippen LogP contribution in [0.2, 0.25) is 0 Å². The maximum atomic E-state index is 12.8. The van der Waals surface area contributed by atoms with E-state index in [0.29, 0.717) is 12.2 Å². The van der Waals surface area contributed by atoms with Crippen molar-refractivity contribution in [3.05, 3.63) is 23.5 Å². The first kappa shape index (κ1) is 11.3. The molecule has 0 radical (unpaired) electrons. The first-order valence-electron chi connectivity index (χ1n) is 5.48. The highest BCUT2D eigenvalue weighted by Crippen LogP contribution is 2.29. The van der Waals surface area contributed by atoms with Crippen LogP contribution in [0.4, 0.5) is 8.78 Å². The molecule has 2 heterocycles. The molecule has 3 nitrogen and oxygen atoms in total. The van der Waals surface area contributed by atoms with Gasteiger partial charge >= 0.3 is 0 Å². The molecule has 1 aliphatic rings. The molecule has 1 aliphatic heterocycles.